The van der Waals surface area contributed by atoms with Gasteiger partial charge < -0.3 is 4.74 Å². The van der Waals surface area contributed by atoms with E-state index in [4.69, 9.17) is 16.3 Å². The van der Waals surface area contributed by atoms with Crippen molar-refractivity contribution in [3.8, 4) is 0 Å². The Bertz CT molecular complexity index is 325. The molecule has 5 heteroatoms. The summed E-state index contributed by atoms with van der Waals surface area (Å²) in [6.45, 7) is 0. The van der Waals surface area contributed by atoms with E-state index in [1.165, 1.54) is 13.2 Å². The van der Waals surface area contributed by atoms with Gasteiger partial charge in [-0.3, -0.25) is 0 Å². The number of benzene rings is 1. The van der Waals surface area contributed by atoms with Crippen molar-refractivity contribution in [2.75, 3.05) is 7.11 Å². The van der Waals surface area contributed by atoms with Crippen LogP contribution in [0.25, 0.3) is 0 Å². The molecule has 1 aromatic rings. The molecule has 0 spiro atoms. The Morgan fingerprint density at radius 3 is 2.53 bits per heavy atom. The SMILES string of the molecule is COC(CC(F)(F)F)c1cccc(Cl)c1. The summed E-state index contributed by atoms with van der Waals surface area (Å²) >= 11 is 5.68. The van der Waals surface area contributed by atoms with Gasteiger partial charge in [-0.15, -0.1) is 0 Å². The van der Waals surface area contributed by atoms with E-state index in [-0.39, 0.29) is 0 Å². The van der Waals surface area contributed by atoms with Crippen molar-refractivity contribution in [3.63, 3.8) is 0 Å². The molecule has 0 N–H and O–H groups in total. The standard InChI is InChI=1S/C10H10ClF3O/c1-15-9(6-10(12,13)14)7-3-2-4-8(11)5-7/h2-5,9H,6H2,1H3. The van der Waals surface area contributed by atoms with E-state index in [0.29, 0.717) is 10.6 Å². The minimum atomic E-state index is -4.25. The van der Waals surface area contributed by atoms with Gasteiger partial charge in [-0.05, 0) is 17.7 Å². The number of rotatable bonds is 3. The third kappa shape index (κ3) is 4.10. The highest BCUT2D eigenvalue weighted by Crippen LogP contribution is 2.32. The molecule has 1 aromatic carbocycles. The first kappa shape index (κ1) is 12.3. The predicted molar refractivity (Wildman–Crippen MR) is 51.9 cm³/mol. The largest absolute Gasteiger partial charge is 0.391 e. The van der Waals surface area contributed by atoms with Crippen molar-refractivity contribution in [1.82, 2.24) is 0 Å². The maximum atomic E-state index is 12.2. The normalized spacial score (nSPS) is 13.9. The van der Waals surface area contributed by atoms with Gasteiger partial charge in [-0.2, -0.15) is 13.2 Å². The summed E-state index contributed by atoms with van der Waals surface area (Å²) in [5.41, 5.74) is 0.433. The third-order valence-corrected chi connectivity index (χ3v) is 2.16. The molecule has 0 saturated heterocycles. The van der Waals surface area contributed by atoms with Crippen molar-refractivity contribution >= 4 is 11.6 Å². The van der Waals surface area contributed by atoms with Crippen LogP contribution >= 0.6 is 11.6 Å². The van der Waals surface area contributed by atoms with Gasteiger partial charge in [0.1, 0.15) is 0 Å². The summed E-state index contributed by atoms with van der Waals surface area (Å²) in [6.07, 6.45) is -6.25. The second-order valence-electron chi connectivity index (χ2n) is 3.10. The van der Waals surface area contributed by atoms with Crippen LogP contribution in [0, 0.1) is 0 Å². The smallest absolute Gasteiger partial charge is 0.376 e. The lowest BCUT2D eigenvalue weighted by Gasteiger charge is -2.17. The van der Waals surface area contributed by atoms with Gasteiger partial charge in [-0.25, -0.2) is 0 Å². The van der Waals surface area contributed by atoms with Gasteiger partial charge >= 0.3 is 6.18 Å². The highest BCUT2D eigenvalue weighted by atomic mass is 35.5. The Morgan fingerprint density at radius 1 is 1.40 bits per heavy atom. The molecule has 0 aliphatic rings. The van der Waals surface area contributed by atoms with Gasteiger partial charge in [0.25, 0.3) is 0 Å². The Labute approximate surface area is 90.8 Å². The van der Waals surface area contributed by atoms with Crippen molar-refractivity contribution in [1.29, 1.82) is 0 Å². The topological polar surface area (TPSA) is 9.23 Å². The van der Waals surface area contributed by atoms with Crippen LogP contribution in [-0.2, 0) is 4.74 Å². The average molecular weight is 239 g/mol. The van der Waals surface area contributed by atoms with E-state index < -0.39 is 18.7 Å². The zero-order chi connectivity index (χ0) is 11.5. The predicted octanol–water partition coefficient (Wildman–Crippen LogP) is 3.98. The van der Waals surface area contributed by atoms with Gasteiger partial charge in [-0.1, -0.05) is 23.7 Å². The van der Waals surface area contributed by atoms with Gasteiger partial charge in [0, 0.05) is 12.1 Å². The number of hydrogen-bond acceptors (Lipinski definition) is 1. The summed E-state index contributed by atoms with van der Waals surface area (Å²) < 4.78 is 41.3. The first-order chi connectivity index (χ1) is 6.92. The first-order valence-corrected chi connectivity index (χ1v) is 4.65. The molecule has 1 atom stereocenters. The molecule has 0 aromatic heterocycles. The van der Waals surface area contributed by atoms with Crippen LogP contribution in [0.5, 0.6) is 0 Å². The molecule has 15 heavy (non-hydrogen) atoms. The summed E-state index contributed by atoms with van der Waals surface area (Å²) in [7, 11) is 1.25. The number of halogens is 4. The molecule has 0 aliphatic heterocycles. The molecule has 0 saturated carbocycles. The van der Waals surface area contributed by atoms with Crippen LogP contribution in [-0.4, -0.2) is 13.3 Å². The number of hydrogen-bond donors (Lipinski definition) is 0. The van der Waals surface area contributed by atoms with E-state index in [2.05, 4.69) is 0 Å². The van der Waals surface area contributed by atoms with Crippen molar-refractivity contribution in [2.45, 2.75) is 18.7 Å². The van der Waals surface area contributed by atoms with Crippen LogP contribution in [0.1, 0.15) is 18.1 Å². The van der Waals surface area contributed by atoms with E-state index >= 15 is 0 Å². The number of methoxy groups -OCH3 is 1. The molecule has 0 bridgehead atoms. The zero-order valence-electron chi connectivity index (χ0n) is 8.01. The average Bonchev–Trinajstić information content (AvgIpc) is 2.13. The quantitative estimate of drug-likeness (QED) is 0.774. The lowest BCUT2D eigenvalue weighted by Crippen LogP contribution is -2.15. The molecule has 1 rings (SSSR count). The van der Waals surface area contributed by atoms with Crippen molar-refractivity contribution in [3.05, 3.63) is 34.9 Å². The lowest BCUT2D eigenvalue weighted by atomic mass is 10.1. The molecule has 84 valence electrons. The summed E-state index contributed by atoms with van der Waals surface area (Å²) in [5, 5.41) is 0.400. The summed E-state index contributed by atoms with van der Waals surface area (Å²) in [6, 6.07) is 6.23. The van der Waals surface area contributed by atoms with Crippen LogP contribution in [0.4, 0.5) is 13.2 Å². The number of alkyl halides is 3. The van der Waals surface area contributed by atoms with E-state index in [1.54, 1.807) is 18.2 Å². The Hall–Kier alpha value is -0.740. The molecular formula is C10H10ClF3O. The molecular weight excluding hydrogens is 229 g/mol. The van der Waals surface area contributed by atoms with E-state index in [9.17, 15) is 13.2 Å². The monoisotopic (exact) mass is 238 g/mol. The van der Waals surface area contributed by atoms with Crippen molar-refractivity contribution < 1.29 is 17.9 Å². The van der Waals surface area contributed by atoms with Gasteiger partial charge in [0.2, 0.25) is 0 Å². The second kappa shape index (κ2) is 4.86. The van der Waals surface area contributed by atoms with E-state index in [1.807, 2.05) is 0 Å². The molecule has 0 heterocycles. The first-order valence-electron chi connectivity index (χ1n) is 4.27. The Morgan fingerprint density at radius 2 is 2.07 bits per heavy atom. The van der Waals surface area contributed by atoms with Crippen LogP contribution < -0.4 is 0 Å². The Balaban J connectivity index is 2.83. The number of ether oxygens (including phenoxy) is 1. The van der Waals surface area contributed by atoms with E-state index in [0.717, 1.165) is 0 Å². The lowest BCUT2D eigenvalue weighted by molar-refractivity contribution is -0.158. The maximum absolute atomic E-state index is 12.2. The highest BCUT2D eigenvalue weighted by Gasteiger charge is 2.32. The molecule has 0 fully saturated rings. The molecule has 0 aliphatic carbocycles. The Kier molecular flexibility index (Phi) is 3.99. The minimum Gasteiger partial charge on any atom is -0.376 e. The molecule has 1 unspecified atom stereocenters. The zero-order valence-corrected chi connectivity index (χ0v) is 8.77. The van der Waals surface area contributed by atoms with Gasteiger partial charge in [0.15, 0.2) is 0 Å². The van der Waals surface area contributed by atoms with Crippen LogP contribution in [0.3, 0.4) is 0 Å². The minimum absolute atomic E-state index is 0.400. The second-order valence-corrected chi connectivity index (χ2v) is 3.54. The third-order valence-electron chi connectivity index (χ3n) is 1.92. The maximum Gasteiger partial charge on any atom is 0.391 e. The fraction of sp³-hybridized carbons (Fsp3) is 0.400. The molecule has 0 amide bonds. The van der Waals surface area contributed by atoms with Crippen LogP contribution in [0.2, 0.25) is 5.02 Å². The molecule has 1 nitrogen and oxygen atoms in total. The van der Waals surface area contributed by atoms with Gasteiger partial charge in [0.05, 0.1) is 12.5 Å². The highest BCUT2D eigenvalue weighted by molar-refractivity contribution is 6.30. The fourth-order valence-corrected chi connectivity index (χ4v) is 1.45. The fourth-order valence-electron chi connectivity index (χ4n) is 1.25. The van der Waals surface area contributed by atoms with Crippen molar-refractivity contribution in [2.24, 2.45) is 0 Å². The van der Waals surface area contributed by atoms with Crippen LogP contribution in [0.15, 0.2) is 24.3 Å². The molecule has 0 radical (unpaired) electrons. The summed E-state index contributed by atoms with van der Waals surface area (Å²) in [4.78, 5) is 0. The summed E-state index contributed by atoms with van der Waals surface area (Å²) in [5.74, 6) is 0.